The molecule has 0 aliphatic carbocycles. The molecule has 4 rings (SSSR count). The predicted molar refractivity (Wildman–Crippen MR) is 101 cm³/mol. The summed E-state index contributed by atoms with van der Waals surface area (Å²) in [6.07, 6.45) is 0.181. The van der Waals surface area contributed by atoms with Crippen LogP contribution in [0.15, 0.2) is 66.7 Å². The smallest absolute Gasteiger partial charge is 0.316 e. The highest BCUT2D eigenvalue weighted by atomic mass is 16.5. The fraction of sp³-hybridized carbons (Fsp3) is 0.182. The van der Waals surface area contributed by atoms with Crippen molar-refractivity contribution in [2.24, 2.45) is 5.92 Å². The maximum absolute atomic E-state index is 12.6. The second kappa shape index (κ2) is 6.64. The highest BCUT2D eigenvalue weighted by molar-refractivity contribution is 6.00. The van der Waals surface area contributed by atoms with Gasteiger partial charge in [-0.25, -0.2) is 0 Å². The van der Waals surface area contributed by atoms with E-state index < -0.39 is 5.92 Å². The number of nitrogens with zero attached hydrogens (tertiary/aromatic N) is 1. The molecule has 3 aromatic carbocycles. The summed E-state index contributed by atoms with van der Waals surface area (Å²) < 4.78 is 5.55. The zero-order chi connectivity index (χ0) is 18.1. The first kappa shape index (κ1) is 16.3. The molecule has 1 aliphatic heterocycles. The van der Waals surface area contributed by atoms with E-state index in [1.807, 2.05) is 67.6 Å². The molecule has 0 aromatic heterocycles. The van der Waals surface area contributed by atoms with Gasteiger partial charge in [-0.3, -0.25) is 9.59 Å². The van der Waals surface area contributed by atoms with Crippen LogP contribution in [0.2, 0.25) is 0 Å². The molecular formula is C22H19NO3. The molecule has 1 aliphatic rings. The Morgan fingerprint density at radius 3 is 2.54 bits per heavy atom. The molecule has 0 bridgehead atoms. The normalized spacial score (nSPS) is 16.9. The Hall–Kier alpha value is -3.14. The number of aryl methyl sites for hydroxylation is 1. The largest absolute Gasteiger partial charge is 0.426 e. The summed E-state index contributed by atoms with van der Waals surface area (Å²) in [5.74, 6) is -0.339. The molecule has 4 nitrogen and oxygen atoms in total. The lowest BCUT2D eigenvalue weighted by molar-refractivity contribution is -0.139. The second-order valence-electron chi connectivity index (χ2n) is 6.62. The van der Waals surface area contributed by atoms with Crippen LogP contribution in [0.1, 0.15) is 12.0 Å². The quantitative estimate of drug-likeness (QED) is 0.530. The molecule has 0 spiro atoms. The van der Waals surface area contributed by atoms with Gasteiger partial charge in [0.15, 0.2) is 0 Å². The standard InChI is InChI=1S/C22H19NO3/c1-15-6-2-5-9-20(15)23-14-18(13-21(23)24)22(25)26-19-11-10-16-7-3-4-8-17(16)12-19/h2-12,18H,13-14H2,1H3/t18-/m1/s1. The van der Waals surface area contributed by atoms with Crippen LogP contribution in [0.5, 0.6) is 5.75 Å². The number of benzene rings is 3. The zero-order valence-electron chi connectivity index (χ0n) is 14.5. The number of rotatable bonds is 3. The summed E-state index contributed by atoms with van der Waals surface area (Å²) in [5.41, 5.74) is 1.88. The Kier molecular flexibility index (Phi) is 4.17. The van der Waals surface area contributed by atoms with Gasteiger partial charge in [0.25, 0.3) is 0 Å². The van der Waals surface area contributed by atoms with Crippen LogP contribution in [-0.2, 0) is 9.59 Å². The number of ether oxygens (including phenoxy) is 1. The van der Waals surface area contributed by atoms with Crippen molar-refractivity contribution >= 4 is 28.3 Å². The Labute approximate surface area is 152 Å². The Bertz CT molecular complexity index is 995. The summed E-state index contributed by atoms with van der Waals surface area (Å²) in [4.78, 5) is 26.6. The SMILES string of the molecule is Cc1ccccc1N1C[C@H](C(=O)Oc2ccc3ccccc3c2)CC1=O. The van der Waals surface area contributed by atoms with Crippen molar-refractivity contribution in [3.63, 3.8) is 0 Å². The number of para-hydroxylation sites is 1. The van der Waals surface area contributed by atoms with Gasteiger partial charge in [0.05, 0.1) is 5.92 Å². The molecule has 0 N–H and O–H groups in total. The van der Waals surface area contributed by atoms with E-state index in [1.165, 1.54) is 0 Å². The first-order chi connectivity index (χ1) is 12.6. The van der Waals surface area contributed by atoms with Crippen molar-refractivity contribution in [3.05, 3.63) is 72.3 Å². The third-order valence-corrected chi connectivity index (χ3v) is 4.80. The highest BCUT2D eigenvalue weighted by Gasteiger charge is 2.36. The summed E-state index contributed by atoms with van der Waals surface area (Å²) in [5, 5.41) is 2.11. The van der Waals surface area contributed by atoms with Gasteiger partial charge in [0.1, 0.15) is 5.75 Å². The summed E-state index contributed by atoms with van der Waals surface area (Å²) in [6.45, 7) is 2.32. The van der Waals surface area contributed by atoms with E-state index in [4.69, 9.17) is 4.74 Å². The summed E-state index contributed by atoms with van der Waals surface area (Å²) in [7, 11) is 0. The number of carbonyl (C=O) groups excluding carboxylic acids is 2. The fourth-order valence-electron chi connectivity index (χ4n) is 3.39. The molecule has 1 saturated heterocycles. The van der Waals surface area contributed by atoms with Gasteiger partial charge < -0.3 is 9.64 Å². The minimum Gasteiger partial charge on any atom is -0.426 e. The van der Waals surface area contributed by atoms with Crippen LogP contribution >= 0.6 is 0 Å². The molecule has 4 heteroatoms. The number of hydrogen-bond acceptors (Lipinski definition) is 3. The first-order valence-electron chi connectivity index (χ1n) is 8.68. The lowest BCUT2D eigenvalue weighted by Gasteiger charge is -2.18. The first-order valence-corrected chi connectivity index (χ1v) is 8.68. The molecule has 1 atom stereocenters. The number of hydrogen-bond donors (Lipinski definition) is 0. The Balaban J connectivity index is 1.50. The Morgan fingerprint density at radius 2 is 1.73 bits per heavy atom. The van der Waals surface area contributed by atoms with E-state index in [0.29, 0.717) is 12.3 Å². The molecule has 26 heavy (non-hydrogen) atoms. The zero-order valence-corrected chi connectivity index (χ0v) is 14.5. The van der Waals surface area contributed by atoms with Gasteiger partial charge in [0, 0.05) is 18.7 Å². The van der Waals surface area contributed by atoms with E-state index in [-0.39, 0.29) is 18.3 Å². The van der Waals surface area contributed by atoms with Crippen molar-refractivity contribution in [3.8, 4) is 5.75 Å². The maximum Gasteiger partial charge on any atom is 0.316 e. The molecule has 0 saturated carbocycles. The van der Waals surface area contributed by atoms with Gasteiger partial charge in [-0.1, -0.05) is 48.5 Å². The summed E-state index contributed by atoms with van der Waals surface area (Å²) in [6, 6.07) is 21.2. The van der Waals surface area contributed by atoms with Crippen LogP contribution in [0.4, 0.5) is 5.69 Å². The van der Waals surface area contributed by atoms with E-state index in [1.54, 1.807) is 11.0 Å². The van der Waals surface area contributed by atoms with Crippen molar-refractivity contribution in [2.75, 3.05) is 11.4 Å². The third-order valence-electron chi connectivity index (χ3n) is 4.80. The van der Waals surface area contributed by atoms with E-state index in [2.05, 4.69) is 0 Å². The summed E-state index contributed by atoms with van der Waals surface area (Å²) >= 11 is 0. The van der Waals surface area contributed by atoms with Crippen LogP contribution in [0.25, 0.3) is 10.8 Å². The van der Waals surface area contributed by atoms with Crippen molar-refractivity contribution in [1.29, 1.82) is 0 Å². The van der Waals surface area contributed by atoms with Crippen LogP contribution in [0, 0.1) is 12.8 Å². The monoisotopic (exact) mass is 345 g/mol. The van der Waals surface area contributed by atoms with Crippen LogP contribution in [-0.4, -0.2) is 18.4 Å². The average molecular weight is 345 g/mol. The van der Waals surface area contributed by atoms with E-state index >= 15 is 0 Å². The maximum atomic E-state index is 12.6. The van der Waals surface area contributed by atoms with Gasteiger partial charge >= 0.3 is 5.97 Å². The minimum atomic E-state index is -0.450. The molecule has 1 fully saturated rings. The fourth-order valence-corrected chi connectivity index (χ4v) is 3.39. The molecule has 130 valence electrons. The number of amides is 1. The van der Waals surface area contributed by atoms with Gasteiger partial charge in [-0.15, -0.1) is 0 Å². The molecule has 0 radical (unpaired) electrons. The van der Waals surface area contributed by atoms with Crippen LogP contribution in [0.3, 0.4) is 0 Å². The predicted octanol–water partition coefficient (Wildman–Crippen LogP) is 4.11. The van der Waals surface area contributed by atoms with E-state index in [0.717, 1.165) is 22.0 Å². The van der Waals surface area contributed by atoms with Gasteiger partial charge in [-0.2, -0.15) is 0 Å². The van der Waals surface area contributed by atoms with E-state index in [9.17, 15) is 9.59 Å². The highest BCUT2D eigenvalue weighted by Crippen LogP contribution is 2.29. The van der Waals surface area contributed by atoms with Crippen molar-refractivity contribution in [1.82, 2.24) is 0 Å². The molecular weight excluding hydrogens is 326 g/mol. The number of esters is 1. The molecule has 3 aromatic rings. The lowest BCUT2D eigenvalue weighted by Crippen LogP contribution is -2.27. The number of carbonyl (C=O) groups is 2. The van der Waals surface area contributed by atoms with Crippen molar-refractivity contribution < 1.29 is 14.3 Å². The molecule has 1 amide bonds. The molecule has 1 heterocycles. The Morgan fingerprint density at radius 1 is 1.00 bits per heavy atom. The average Bonchev–Trinajstić information content (AvgIpc) is 3.04. The van der Waals surface area contributed by atoms with Gasteiger partial charge in [0.2, 0.25) is 5.91 Å². The number of fused-ring (bicyclic) bond motifs is 1. The van der Waals surface area contributed by atoms with Gasteiger partial charge in [-0.05, 0) is 41.5 Å². The minimum absolute atomic E-state index is 0.0419. The third kappa shape index (κ3) is 3.06. The van der Waals surface area contributed by atoms with Crippen molar-refractivity contribution in [2.45, 2.75) is 13.3 Å². The lowest BCUT2D eigenvalue weighted by atomic mass is 10.1. The number of anilines is 1. The van der Waals surface area contributed by atoms with Crippen LogP contribution < -0.4 is 9.64 Å². The second-order valence-corrected chi connectivity index (χ2v) is 6.62. The molecule has 0 unspecified atom stereocenters. The topological polar surface area (TPSA) is 46.6 Å².